The van der Waals surface area contributed by atoms with Crippen LogP contribution in [0.5, 0.6) is 0 Å². The van der Waals surface area contributed by atoms with E-state index in [0.717, 1.165) is 0 Å². The lowest BCUT2D eigenvalue weighted by Gasteiger charge is -2.40. The summed E-state index contributed by atoms with van der Waals surface area (Å²) in [6.07, 6.45) is 3.14. The zero-order valence-corrected chi connectivity index (χ0v) is 20.2. The molecule has 2 aromatic heterocycles. The van der Waals surface area contributed by atoms with E-state index in [4.69, 9.17) is 0 Å². The highest BCUT2D eigenvalue weighted by Crippen LogP contribution is 2.24. The number of nitrogens with one attached hydrogen (secondary N) is 2. The number of carbonyl (C=O) groups excluding carboxylic acids is 3. The van der Waals surface area contributed by atoms with Crippen LogP contribution in [0.2, 0.25) is 0 Å². The summed E-state index contributed by atoms with van der Waals surface area (Å²) >= 11 is 1.43. The number of nitrogens with zero attached hydrogens (tertiary/aromatic N) is 4. The highest BCUT2D eigenvalue weighted by Gasteiger charge is 2.44. The van der Waals surface area contributed by atoms with Gasteiger partial charge in [0, 0.05) is 26.2 Å². The molecule has 10 heteroatoms. The minimum absolute atomic E-state index is 0.00839. The maximum atomic E-state index is 13.9. The first-order valence-corrected chi connectivity index (χ1v) is 12.8. The molecule has 2 aliphatic rings. The normalized spacial score (nSPS) is 18.2. The molecule has 182 valence electrons. The second kappa shape index (κ2) is 10.1. The predicted molar refractivity (Wildman–Crippen MR) is 133 cm³/mol. The molecule has 2 saturated heterocycles. The zero-order chi connectivity index (χ0) is 24.3. The van der Waals surface area contributed by atoms with Crippen molar-refractivity contribution in [2.24, 2.45) is 0 Å². The molecule has 9 nitrogen and oxygen atoms in total. The number of fused-ring (bicyclic) bond motifs is 1. The van der Waals surface area contributed by atoms with Gasteiger partial charge in [-0.2, -0.15) is 0 Å². The number of rotatable bonds is 4. The van der Waals surface area contributed by atoms with Gasteiger partial charge in [-0.05, 0) is 55.9 Å². The lowest BCUT2D eigenvalue weighted by atomic mass is 9.86. The number of carbonyl (C=O) groups is 3. The fourth-order valence-electron chi connectivity index (χ4n) is 4.78. The topological polar surface area (TPSA) is 108 Å². The van der Waals surface area contributed by atoms with Gasteiger partial charge in [-0.3, -0.25) is 19.4 Å². The minimum Gasteiger partial charge on any atom is -0.339 e. The van der Waals surface area contributed by atoms with Crippen LogP contribution in [-0.4, -0.2) is 82.3 Å². The molecule has 0 unspecified atom stereocenters. The van der Waals surface area contributed by atoms with Crippen molar-refractivity contribution in [3.63, 3.8) is 0 Å². The monoisotopic (exact) mass is 492 g/mol. The van der Waals surface area contributed by atoms with E-state index in [1.54, 1.807) is 4.90 Å². The molecule has 2 fully saturated rings. The van der Waals surface area contributed by atoms with Gasteiger partial charge in [-0.1, -0.05) is 18.2 Å². The Kier molecular flexibility index (Phi) is 6.74. The molecule has 0 bridgehead atoms. The number of benzene rings is 1. The Balaban J connectivity index is 1.32. The molecule has 35 heavy (non-hydrogen) atoms. The van der Waals surface area contributed by atoms with Crippen molar-refractivity contribution in [1.29, 1.82) is 0 Å². The van der Waals surface area contributed by atoms with Crippen molar-refractivity contribution < 1.29 is 14.4 Å². The summed E-state index contributed by atoms with van der Waals surface area (Å²) in [6.45, 7) is 3.33. The van der Waals surface area contributed by atoms with E-state index in [1.165, 1.54) is 17.5 Å². The summed E-state index contributed by atoms with van der Waals surface area (Å²) in [5.74, 6) is -0.483. The Morgan fingerprint density at radius 3 is 2.46 bits per heavy atom. The zero-order valence-electron chi connectivity index (χ0n) is 19.4. The van der Waals surface area contributed by atoms with Crippen LogP contribution in [0.4, 0.5) is 0 Å². The molecule has 0 aliphatic carbocycles. The lowest BCUT2D eigenvalue weighted by Crippen LogP contribution is -2.64. The standard InChI is InChI=1S/C25H28N6O3S/c32-22(20-17-27-18-5-1-2-6-19(18)28-20)29-25(8-10-26-11-9-25)24(34)31-13-4-12-30(14-15-31)23(33)21-7-3-16-35-21/h1-3,5-7,16-17,26H,4,8-15H2,(H,29,32). The van der Waals surface area contributed by atoms with Gasteiger partial charge < -0.3 is 20.4 Å². The number of amides is 3. The van der Waals surface area contributed by atoms with Crippen molar-refractivity contribution >= 4 is 40.1 Å². The van der Waals surface area contributed by atoms with Crippen molar-refractivity contribution in [3.05, 3.63) is 58.5 Å². The Labute approximate surface area is 207 Å². The summed E-state index contributed by atoms with van der Waals surface area (Å²) in [6, 6.07) is 11.1. The average molecular weight is 493 g/mol. The van der Waals surface area contributed by atoms with E-state index in [9.17, 15) is 14.4 Å². The van der Waals surface area contributed by atoms with Gasteiger partial charge in [-0.25, -0.2) is 4.98 Å². The van der Waals surface area contributed by atoms with E-state index in [0.29, 0.717) is 74.4 Å². The van der Waals surface area contributed by atoms with Gasteiger partial charge in [-0.15, -0.1) is 11.3 Å². The van der Waals surface area contributed by atoms with E-state index in [2.05, 4.69) is 20.6 Å². The summed E-state index contributed by atoms with van der Waals surface area (Å²) in [7, 11) is 0. The van der Waals surface area contributed by atoms with Gasteiger partial charge in [0.15, 0.2) is 0 Å². The number of para-hydroxylation sites is 2. The molecule has 5 rings (SSSR count). The number of thiophene rings is 1. The molecule has 4 heterocycles. The van der Waals surface area contributed by atoms with Crippen LogP contribution >= 0.6 is 11.3 Å². The maximum Gasteiger partial charge on any atom is 0.272 e. The Hall–Kier alpha value is -3.37. The van der Waals surface area contributed by atoms with E-state index < -0.39 is 11.4 Å². The van der Waals surface area contributed by atoms with Crippen LogP contribution in [0, 0.1) is 0 Å². The van der Waals surface area contributed by atoms with Gasteiger partial charge in [0.2, 0.25) is 5.91 Å². The van der Waals surface area contributed by atoms with Gasteiger partial charge in [0.05, 0.1) is 22.1 Å². The molecule has 0 radical (unpaired) electrons. The smallest absolute Gasteiger partial charge is 0.272 e. The van der Waals surface area contributed by atoms with Crippen LogP contribution < -0.4 is 10.6 Å². The predicted octanol–water partition coefficient (Wildman–Crippen LogP) is 1.92. The summed E-state index contributed by atoms with van der Waals surface area (Å²) in [4.78, 5) is 53.0. The van der Waals surface area contributed by atoms with Gasteiger partial charge in [0.25, 0.3) is 11.8 Å². The first-order valence-electron chi connectivity index (χ1n) is 11.9. The van der Waals surface area contributed by atoms with Crippen LogP contribution in [0.25, 0.3) is 11.0 Å². The fraction of sp³-hybridized carbons (Fsp3) is 0.400. The fourth-order valence-corrected chi connectivity index (χ4v) is 5.47. The molecular weight excluding hydrogens is 464 g/mol. The summed E-state index contributed by atoms with van der Waals surface area (Å²) < 4.78 is 0. The second-order valence-electron chi connectivity index (χ2n) is 8.95. The highest BCUT2D eigenvalue weighted by molar-refractivity contribution is 7.12. The Morgan fingerprint density at radius 2 is 1.69 bits per heavy atom. The molecule has 2 N–H and O–H groups in total. The molecule has 0 spiro atoms. The van der Waals surface area contributed by atoms with Crippen LogP contribution in [-0.2, 0) is 4.79 Å². The Morgan fingerprint density at radius 1 is 0.943 bits per heavy atom. The number of aromatic nitrogens is 2. The van der Waals surface area contributed by atoms with Gasteiger partial charge in [0.1, 0.15) is 11.2 Å². The largest absolute Gasteiger partial charge is 0.339 e. The van der Waals surface area contributed by atoms with E-state index >= 15 is 0 Å². The van der Waals surface area contributed by atoms with Crippen molar-refractivity contribution in [3.8, 4) is 0 Å². The number of piperidine rings is 1. The summed E-state index contributed by atoms with van der Waals surface area (Å²) in [5, 5.41) is 8.21. The molecular formula is C25H28N6O3S. The highest BCUT2D eigenvalue weighted by atomic mass is 32.1. The molecule has 0 saturated carbocycles. The maximum absolute atomic E-state index is 13.9. The second-order valence-corrected chi connectivity index (χ2v) is 9.89. The summed E-state index contributed by atoms with van der Waals surface area (Å²) in [5.41, 5.74) is 0.526. The lowest BCUT2D eigenvalue weighted by molar-refractivity contribution is -0.139. The molecule has 3 amide bonds. The van der Waals surface area contributed by atoms with Crippen molar-refractivity contribution in [2.45, 2.75) is 24.8 Å². The molecule has 1 aromatic carbocycles. The van der Waals surface area contributed by atoms with Crippen LogP contribution in [0.1, 0.15) is 39.4 Å². The van der Waals surface area contributed by atoms with Gasteiger partial charge >= 0.3 is 0 Å². The van der Waals surface area contributed by atoms with Crippen molar-refractivity contribution in [2.75, 3.05) is 39.3 Å². The first kappa shape index (κ1) is 23.4. The minimum atomic E-state index is -1.01. The van der Waals surface area contributed by atoms with Crippen LogP contribution in [0.3, 0.4) is 0 Å². The third-order valence-corrected chi connectivity index (χ3v) is 7.56. The average Bonchev–Trinajstić information content (AvgIpc) is 3.33. The van der Waals surface area contributed by atoms with E-state index in [1.807, 2.05) is 46.7 Å². The number of hydrogen-bond donors (Lipinski definition) is 2. The van der Waals surface area contributed by atoms with Crippen LogP contribution in [0.15, 0.2) is 48.0 Å². The van der Waals surface area contributed by atoms with E-state index in [-0.39, 0.29) is 17.5 Å². The Bertz CT molecular complexity index is 1220. The first-order chi connectivity index (χ1) is 17.1. The SMILES string of the molecule is O=C(NC1(C(=O)N2CCCN(C(=O)c3cccs3)CC2)CCNCC1)c1cnc2ccccc2n1. The van der Waals surface area contributed by atoms with Crippen molar-refractivity contribution in [1.82, 2.24) is 30.4 Å². The molecule has 2 aliphatic heterocycles. The molecule has 3 aromatic rings. The molecule has 0 atom stereocenters. The third-order valence-electron chi connectivity index (χ3n) is 6.70. The quantitative estimate of drug-likeness (QED) is 0.576. The number of hydrogen-bond acceptors (Lipinski definition) is 7. The third kappa shape index (κ3) is 4.89.